The predicted molar refractivity (Wildman–Crippen MR) is 89.2 cm³/mol. The van der Waals surface area contributed by atoms with Gasteiger partial charge in [0.2, 0.25) is 0 Å². The van der Waals surface area contributed by atoms with E-state index < -0.39 is 0 Å². The minimum Gasteiger partial charge on any atom is -0.445 e. The van der Waals surface area contributed by atoms with Gasteiger partial charge in [0.15, 0.2) is 0 Å². The van der Waals surface area contributed by atoms with E-state index in [9.17, 15) is 4.79 Å². The van der Waals surface area contributed by atoms with Crippen LogP contribution in [0.15, 0.2) is 30.3 Å². The summed E-state index contributed by atoms with van der Waals surface area (Å²) in [6.45, 7) is 1.83. The summed E-state index contributed by atoms with van der Waals surface area (Å²) in [7, 11) is 0. The summed E-state index contributed by atoms with van der Waals surface area (Å²) >= 11 is 0. The standard InChI is InChI=1S/C19H27NO3/c21-19(22-15-16-7-3-1-4-8-16)20-13-11-18(12-14-20)23-17-9-5-2-6-10-17/h1,3-4,7-8,17-18H,2,5-6,9-15H2. The van der Waals surface area contributed by atoms with Crippen LogP contribution in [0.4, 0.5) is 4.79 Å². The van der Waals surface area contributed by atoms with Crippen LogP contribution in [0.2, 0.25) is 0 Å². The maximum absolute atomic E-state index is 12.1. The highest BCUT2D eigenvalue weighted by Crippen LogP contribution is 2.24. The molecule has 126 valence electrons. The van der Waals surface area contributed by atoms with Gasteiger partial charge in [-0.3, -0.25) is 0 Å². The van der Waals surface area contributed by atoms with Crippen molar-refractivity contribution in [2.24, 2.45) is 0 Å². The number of hydrogen-bond donors (Lipinski definition) is 0. The third kappa shape index (κ3) is 4.96. The Hall–Kier alpha value is -1.55. The summed E-state index contributed by atoms with van der Waals surface area (Å²) in [6, 6.07) is 9.81. The van der Waals surface area contributed by atoms with Crippen LogP contribution in [-0.2, 0) is 16.1 Å². The second-order valence-corrected chi connectivity index (χ2v) is 6.62. The quantitative estimate of drug-likeness (QED) is 0.838. The molecule has 0 aromatic heterocycles. The Morgan fingerprint density at radius 1 is 0.957 bits per heavy atom. The number of nitrogens with zero attached hydrogens (tertiary/aromatic N) is 1. The summed E-state index contributed by atoms with van der Waals surface area (Å²) < 4.78 is 11.6. The minimum absolute atomic E-state index is 0.204. The molecule has 1 aliphatic carbocycles. The van der Waals surface area contributed by atoms with Crippen molar-refractivity contribution in [2.45, 2.75) is 63.8 Å². The molecule has 4 nitrogen and oxygen atoms in total. The van der Waals surface area contributed by atoms with Gasteiger partial charge in [-0.1, -0.05) is 49.6 Å². The van der Waals surface area contributed by atoms with Crippen LogP contribution in [0.1, 0.15) is 50.5 Å². The first-order chi connectivity index (χ1) is 11.3. The van der Waals surface area contributed by atoms with E-state index in [1.54, 1.807) is 0 Å². The topological polar surface area (TPSA) is 38.8 Å². The van der Waals surface area contributed by atoms with E-state index in [0.717, 1.165) is 31.5 Å². The number of carbonyl (C=O) groups excluding carboxylic acids is 1. The Balaban J connectivity index is 1.37. The fraction of sp³-hybridized carbons (Fsp3) is 0.632. The largest absolute Gasteiger partial charge is 0.445 e. The molecule has 0 bridgehead atoms. The lowest BCUT2D eigenvalue weighted by Crippen LogP contribution is -2.42. The number of hydrogen-bond acceptors (Lipinski definition) is 3. The first-order valence-corrected chi connectivity index (χ1v) is 8.92. The highest BCUT2D eigenvalue weighted by atomic mass is 16.6. The molecule has 0 radical (unpaired) electrons. The predicted octanol–water partition coefficient (Wildman–Crippen LogP) is 4.14. The molecule has 1 aliphatic heterocycles. The van der Waals surface area contributed by atoms with Crippen LogP contribution in [0, 0.1) is 0 Å². The van der Waals surface area contributed by atoms with Crippen LogP contribution in [-0.4, -0.2) is 36.3 Å². The van der Waals surface area contributed by atoms with E-state index in [0.29, 0.717) is 18.8 Å². The third-order valence-electron chi connectivity index (χ3n) is 4.84. The molecular formula is C19H27NO3. The summed E-state index contributed by atoms with van der Waals surface area (Å²) in [5.74, 6) is 0. The molecule has 2 fully saturated rings. The van der Waals surface area contributed by atoms with Gasteiger partial charge in [-0.15, -0.1) is 0 Å². The van der Waals surface area contributed by atoms with E-state index in [1.807, 2.05) is 35.2 Å². The molecule has 1 saturated heterocycles. The molecule has 0 spiro atoms. The highest BCUT2D eigenvalue weighted by Gasteiger charge is 2.26. The molecular weight excluding hydrogens is 290 g/mol. The molecule has 1 heterocycles. The van der Waals surface area contributed by atoms with Crippen LogP contribution in [0.3, 0.4) is 0 Å². The average Bonchev–Trinajstić information content (AvgIpc) is 2.62. The van der Waals surface area contributed by atoms with Crippen molar-refractivity contribution < 1.29 is 14.3 Å². The molecule has 23 heavy (non-hydrogen) atoms. The molecule has 1 aromatic carbocycles. The van der Waals surface area contributed by atoms with Gasteiger partial charge >= 0.3 is 6.09 Å². The number of piperidine rings is 1. The smallest absolute Gasteiger partial charge is 0.410 e. The normalized spacial score (nSPS) is 20.4. The number of ether oxygens (including phenoxy) is 2. The van der Waals surface area contributed by atoms with E-state index >= 15 is 0 Å². The van der Waals surface area contributed by atoms with Gasteiger partial charge in [0.25, 0.3) is 0 Å². The first-order valence-electron chi connectivity index (χ1n) is 8.92. The lowest BCUT2D eigenvalue weighted by atomic mass is 9.97. The number of amides is 1. The van der Waals surface area contributed by atoms with Gasteiger partial charge in [0.05, 0.1) is 12.2 Å². The van der Waals surface area contributed by atoms with E-state index in [1.165, 1.54) is 32.1 Å². The fourth-order valence-electron chi connectivity index (χ4n) is 3.46. The molecule has 1 amide bonds. The Morgan fingerprint density at radius 3 is 2.30 bits per heavy atom. The highest BCUT2D eigenvalue weighted by molar-refractivity contribution is 5.67. The summed E-state index contributed by atoms with van der Waals surface area (Å²) in [4.78, 5) is 13.9. The zero-order valence-corrected chi connectivity index (χ0v) is 13.8. The molecule has 2 aliphatic rings. The van der Waals surface area contributed by atoms with Gasteiger partial charge in [-0.2, -0.15) is 0 Å². The molecule has 0 atom stereocenters. The molecule has 3 rings (SSSR count). The molecule has 0 N–H and O–H groups in total. The van der Waals surface area contributed by atoms with E-state index in [2.05, 4.69) is 0 Å². The zero-order chi connectivity index (χ0) is 15.9. The zero-order valence-electron chi connectivity index (χ0n) is 13.8. The fourth-order valence-corrected chi connectivity index (χ4v) is 3.46. The van der Waals surface area contributed by atoms with Crippen LogP contribution >= 0.6 is 0 Å². The Morgan fingerprint density at radius 2 is 1.61 bits per heavy atom. The molecule has 0 unspecified atom stereocenters. The maximum Gasteiger partial charge on any atom is 0.410 e. The van der Waals surface area contributed by atoms with Gasteiger partial charge < -0.3 is 14.4 Å². The van der Waals surface area contributed by atoms with E-state index in [-0.39, 0.29) is 6.09 Å². The Kier molecular flexibility index (Phi) is 5.92. The van der Waals surface area contributed by atoms with Crippen molar-refractivity contribution >= 4 is 6.09 Å². The summed E-state index contributed by atoms with van der Waals surface area (Å²) in [6.07, 6.45) is 8.79. The van der Waals surface area contributed by atoms with Crippen molar-refractivity contribution in [3.63, 3.8) is 0 Å². The van der Waals surface area contributed by atoms with Crippen molar-refractivity contribution in [1.29, 1.82) is 0 Å². The lowest BCUT2D eigenvalue weighted by molar-refractivity contribution is -0.0546. The molecule has 1 saturated carbocycles. The van der Waals surface area contributed by atoms with E-state index in [4.69, 9.17) is 9.47 Å². The van der Waals surface area contributed by atoms with Crippen LogP contribution in [0.5, 0.6) is 0 Å². The Bertz CT molecular complexity index is 477. The monoisotopic (exact) mass is 317 g/mol. The number of likely N-dealkylation sites (tertiary alicyclic amines) is 1. The maximum atomic E-state index is 12.1. The second-order valence-electron chi connectivity index (χ2n) is 6.62. The summed E-state index contributed by atoms with van der Waals surface area (Å²) in [5.41, 5.74) is 1.02. The average molecular weight is 317 g/mol. The van der Waals surface area contributed by atoms with Gasteiger partial charge in [0, 0.05) is 13.1 Å². The first kappa shape index (κ1) is 16.3. The Labute approximate surface area is 138 Å². The number of benzene rings is 1. The molecule has 4 heteroatoms. The van der Waals surface area contributed by atoms with Gasteiger partial charge in [0.1, 0.15) is 6.61 Å². The molecule has 1 aromatic rings. The minimum atomic E-state index is -0.204. The third-order valence-corrected chi connectivity index (χ3v) is 4.84. The van der Waals surface area contributed by atoms with Crippen LogP contribution in [0.25, 0.3) is 0 Å². The van der Waals surface area contributed by atoms with Crippen molar-refractivity contribution in [2.75, 3.05) is 13.1 Å². The van der Waals surface area contributed by atoms with Crippen LogP contribution < -0.4 is 0 Å². The van der Waals surface area contributed by atoms with Crippen molar-refractivity contribution in [3.8, 4) is 0 Å². The lowest BCUT2D eigenvalue weighted by Gasteiger charge is -2.34. The summed E-state index contributed by atoms with van der Waals surface area (Å²) in [5, 5.41) is 0. The SMILES string of the molecule is O=C(OCc1ccccc1)N1CCC(OC2CCCCC2)CC1. The number of carbonyl (C=O) groups is 1. The number of rotatable bonds is 4. The van der Waals surface area contributed by atoms with Crippen molar-refractivity contribution in [3.05, 3.63) is 35.9 Å². The van der Waals surface area contributed by atoms with Gasteiger partial charge in [-0.05, 0) is 31.2 Å². The van der Waals surface area contributed by atoms with Gasteiger partial charge in [-0.25, -0.2) is 4.79 Å². The second kappa shape index (κ2) is 8.34. The van der Waals surface area contributed by atoms with Crippen molar-refractivity contribution in [1.82, 2.24) is 4.90 Å².